The summed E-state index contributed by atoms with van der Waals surface area (Å²) in [5.74, 6) is 0.167. The minimum atomic E-state index is 0.167. The van der Waals surface area contributed by atoms with Crippen molar-refractivity contribution in [3.8, 4) is 0 Å². The van der Waals surface area contributed by atoms with Crippen LogP contribution in [0.2, 0.25) is 0 Å². The van der Waals surface area contributed by atoms with Crippen molar-refractivity contribution < 1.29 is 5.11 Å². The van der Waals surface area contributed by atoms with Crippen LogP contribution in [0.5, 0.6) is 0 Å². The Morgan fingerprint density at radius 2 is 1.62 bits per heavy atom. The molecule has 48 valence electrons. The number of nitrogens with two attached hydrogens (primary N) is 1. The lowest BCUT2D eigenvalue weighted by Gasteiger charge is -1.68. The van der Waals surface area contributed by atoms with Crippen LogP contribution >= 0.6 is 12.2 Å². The Bertz CT molecular complexity index is 70.4. The van der Waals surface area contributed by atoms with Gasteiger partial charge >= 0.3 is 0 Å². The number of hydrogen-bond acceptors (Lipinski definition) is 2. The van der Waals surface area contributed by atoms with Crippen molar-refractivity contribution in [2.75, 3.05) is 0 Å². The van der Waals surface area contributed by atoms with Crippen molar-refractivity contribution in [1.29, 1.82) is 0 Å². The van der Waals surface area contributed by atoms with Crippen molar-refractivity contribution >= 4 is 17.2 Å². The first kappa shape index (κ1) is 10.4. The van der Waals surface area contributed by atoms with Crippen molar-refractivity contribution in [1.82, 2.24) is 0 Å². The van der Waals surface area contributed by atoms with Gasteiger partial charge in [-0.25, -0.2) is 0 Å². The van der Waals surface area contributed by atoms with E-state index in [9.17, 15) is 0 Å². The highest BCUT2D eigenvalue weighted by Crippen LogP contribution is 1.66. The Labute approximate surface area is 55.0 Å². The molecule has 0 bridgehead atoms. The van der Waals surface area contributed by atoms with Gasteiger partial charge in [-0.05, 0) is 13.8 Å². The topological polar surface area (TPSA) is 46.2 Å². The Balaban J connectivity index is 0. The highest BCUT2D eigenvalue weighted by atomic mass is 32.1. The van der Waals surface area contributed by atoms with Gasteiger partial charge in [0.05, 0.1) is 10.7 Å². The molecule has 0 saturated heterocycles. The molecule has 2 nitrogen and oxygen atoms in total. The smallest absolute Gasteiger partial charge is 0.0820 e. The maximum atomic E-state index is 7.86. The van der Waals surface area contributed by atoms with E-state index in [1.165, 1.54) is 6.92 Å². The fourth-order valence-corrected chi connectivity index (χ4v) is 0. The summed E-state index contributed by atoms with van der Waals surface area (Å²) >= 11 is 4.31. The summed E-state index contributed by atoms with van der Waals surface area (Å²) in [5, 5.41) is 7.86. The predicted octanol–water partition coefficient (Wildman–Crippen LogP) is 1.37. The summed E-state index contributed by atoms with van der Waals surface area (Å²) in [6.45, 7) is 6.31. The molecule has 3 heteroatoms. The first-order valence-electron chi connectivity index (χ1n) is 2.07. The largest absolute Gasteiger partial charge is 0.513 e. The van der Waals surface area contributed by atoms with Crippen LogP contribution in [0.3, 0.4) is 0 Å². The minimum absolute atomic E-state index is 0.167. The molecule has 0 aliphatic heterocycles. The lowest BCUT2D eigenvalue weighted by atomic mass is 10.7. The molecule has 0 radical (unpaired) electrons. The Morgan fingerprint density at radius 3 is 1.62 bits per heavy atom. The zero-order valence-corrected chi connectivity index (χ0v) is 5.96. The highest BCUT2D eigenvalue weighted by Gasteiger charge is 1.54. The van der Waals surface area contributed by atoms with Crippen molar-refractivity contribution in [2.24, 2.45) is 5.73 Å². The summed E-state index contributed by atoms with van der Waals surface area (Å²) < 4.78 is 0. The van der Waals surface area contributed by atoms with Gasteiger partial charge < -0.3 is 10.8 Å². The zero-order chi connectivity index (χ0) is 7.15. The molecule has 0 rings (SSSR count). The minimum Gasteiger partial charge on any atom is -0.513 e. The van der Waals surface area contributed by atoms with Gasteiger partial charge in [-0.15, -0.1) is 0 Å². The van der Waals surface area contributed by atoms with Crippen LogP contribution in [0.4, 0.5) is 0 Å². The van der Waals surface area contributed by atoms with E-state index in [-0.39, 0.29) is 5.76 Å². The molecule has 0 aromatic carbocycles. The number of aliphatic hydroxyl groups is 1. The summed E-state index contributed by atoms with van der Waals surface area (Å²) in [5.41, 5.74) is 4.84. The van der Waals surface area contributed by atoms with Crippen LogP contribution in [0.1, 0.15) is 13.8 Å². The number of hydrogen-bond donors (Lipinski definition) is 2. The quantitative estimate of drug-likeness (QED) is 0.387. The van der Waals surface area contributed by atoms with E-state index in [4.69, 9.17) is 10.8 Å². The van der Waals surface area contributed by atoms with Gasteiger partial charge in [0, 0.05) is 0 Å². The third-order valence-corrected chi connectivity index (χ3v) is 0. The Kier molecular flexibility index (Phi) is 8.37. The lowest BCUT2D eigenvalue weighted by Crippen LogP contribution is -1.98. The predicted molar refractivity (Wildman–Crippen MR) is 39.9 cm³/mol. The van der Waals surface area contributed by atoms with E-state index >= 15 is 0 Å². The van der Waals surface area contributed by atoms with E-state index in [2.05, 4.69) is 18.8 Å². The Morgan fingerprint density at radius 1 is 1.62 bits per heavy atom. The molecule has 0 heterocycles. The van der Waals surface area contributed by atoms with Crippen molar-refractivity contribution in [2.45, 2.75) is 13.8 Å². The van der Waals surface area contributed by atoms with E-state index in [1.807, 2.05) is 0 Å². The van der Waals surface area contributed by atoms with Crippen LogP contribution in [0.15, 0.2) is 12.3 Å². The normalized spacial score (nSPS) is 6.25. The van der Waals surface area contributed by atoms with E-state index in [0.717, 1.165) is 0 Å². The number of rotatable bonds is 0. The van der Waals surface area contributed by atoms with E-state index in [0.29, 0.717) is 4.99 Å². The molecule has 0 aliphatic carbocycles. The molecule has 0 unspecified atom stereocenters. The number of thiocarbonyl (C=S) groups is 1. The second-order valence-corrected chi connectivity index (χ2v) is 1.99. The van der Waals surface area contributed by atoms with Gasteiger partial charge in [-0.3, -0.25) is 0 Å². The summed E-state index contributed by atoms with van der Waals surface area (Å²) in [6, 6.07) is 0. The fourth-order valence-electron chi connectivity index (χ4n) is 0. The third-order valence-electron chi connectivity index (χ3n) is 0. The van der Waals surface area contributed by atoms with Crippen LogP contribution in [-0.2, 0) is 0 Å². The lowest BCUT2D eigenvalue weighted by molar-refractivity contribution is 0.417. The zero-order valence-electron chi connectivity index (χ0n) is 5.14. The van der Waals surface area contributed by atoms with Gasteiger partial charge in [0.2, 0.25) is 0 Å². The molecule has 0 saturated carbocycles. The van der Waals surface area contributed by atoms with Gasteiger partial charge in [-0.2, -0.15) is 0 Å². The second-order valence-electron chi connectivity index (χ2n) is 1.35. The SMILES string of the molecule is C=C(C)O.CC(N)=S. The highest BCUT2D eigenvalue weighted by molar-refractivity contribution is 7.80. The van der Waals surface area contributed by atoms with Gasteiger partial charge in [0.25, 0.3) is 0 Å². The average molecular weight is 133 g/mol. The van der Waals surface area contributed by atoms with Crippen molar-refractivity contribution in [3.63, 3.8) is 0 Å². The molecule has 8 heavy (non-hydrogen) atoms. The third kappa shape index (κ3) is 328. The monoisotopic (exact) mass is 133 g/mol. The maximum Gasteiger partial charge on any atom is 0.0820 e. The van der Waals surface area contributed by atoms with Gasteiger partial charge in [-0.1, -0.05) is 18.8 Å². The first-order valence-corrected chi connectivity index (χ1v) is 2.48. The van der Waals surface area contributed by atoms with Gasteiger partial charge in [0.15, 0.2) is 0 Å². The summed E-state index contributed by atoms with van der Waals surface area (Å²) in [4.78, 5) is 0.500. The van der Waals surface area contributed by atoms with Gasteiger partial charge in [0.1, 0.15) is 0 Å². The van der Waals surface area contributed by atoms with Crippen LogP contribution in [0.25, 0.3) is 0 Å². The van der Waals surface area contributed by atoms with Crippen LogP contribution in [-0.4, -0.2) is 10.1 Å². The average Bonchev–Trinajstić information content (AvgIpc) is 1.25. The van der Waals surface area contributed by atoms with Crippen LogP contribution < -0.4 is 5.73 Å². The maximum absolute atomic E-state index is 7.86. The Hall–Kier alpha value is -0.570. The van der Waals surface area contributed by atoms with E-state index in [1.54, 1.807) is 6.92 Å². The molecule has 3 N–H and O–H groups in total. The molecule has 0 aliphatic rings. The molecule has 0 amide bonds. The molecular formula is C5H11NOS. The molecule has 0 spiro atoms. The number of aliphatic hydroxyl groups excluding tert-OH is 1. The van der Waals surface area contributed by atoms with Crippen molar-refractivity contribution in [3.05, 3.63) is 12.3 Å². The van der Waals surface area contributed by atoms with Crippen LogP contribution in [0, 0.1) is 0 Å². The molecular weight excluding hydrogens is 122 g/mol. The molecule has 0 atom stereocenters. The first-order chi connectivity index (χ1) is 3.46. The number of allylic oxidation sites excluding steroid dienone is 1. The molecule has 0 aromatic rings. The fraction of sp³-hybridized carbons (Fsp3) is 0.400. The standard InChI is InChI=1S/C3H6O.C2H5NS/c1-3(2)4;1-2(3)4/h4H,1H2,2H3;1H3,(H2,3,4). The second kappa shape index (κ2) is 6.43. The molecule has 0 aromatic heterocycles. The molecule has 0 fully saturated rings. The van der Waals surface area contributed by atoms with E-state index < -0.39 is 0 Å². The summed E-state index contributed by atoms with van der Waals surface area (Å²) in [7, 11) is 0. The summed E-state index contributed by atoms with van der Waals surface area (Å²) in [6.07, 6.45) is 0.